The Morgan fingerprint density at radius 3 is 2.53 bits per heavy atom. The second kappa shape index (κ2) is 4.73. The van der Waals surface area contributed by atoms with Crippen molar-refractivity contribution in [1.29, 1.82) is 0 Å². The fraction of sp³-hybridized carbons (Fsp3) is 0.364. The van der Waals surface area contributed by atoms with E-state index in [1.54, 1.807) is 12.1 Å². The minimum Gasteiger partial charge on any atom is -0.399 e. The third-order valence-electron chi connectivity index (χ3n) is 2.56. The molecule has 2 heterocycles. The monoisotopic (exact) mass is 203 g/mol. The molecule has 0 N–H and O–H groups in total. The summed E-state index contributed by atoms with van der Waals surface area (Å²) in [7, 11) is 0. The van der Waals surface area contributed by atoms with E-state index in [4.69, 9.17) is 10.3 Å². The Hall–Kier alpha value is -1.64. The summed E-state index contributed by atoms with van der Waals surface area (Å²) < 4.78 is 4.81. The molecule has 4 heteroatoms. The number of nitrogens with zero attached hydrogens (tertiary/aromatic N) is 3. The third-order valence-corrected chi connectivity index (χ3v) is 2.56. The molecule has 0 spiro atoms. The normalized spacial score (nSPS) is 24.5. The number of rotatable bonds is 2. The van der Waals surface area contributed by atoms with Crippen LogP contribution in [-0.2, 0) is 0 Å². The third kappa shape index (κ3) is 2.91. The zero-order valence-corrected chi connectivity index (χ0v) is 8.41. The topological polar surface area (TPSA) is 48.6 Å². The van der Waals surface area contributed by atoms with Crippen LogP contribution < -0.4 is 4.74 Å². The number of hydrogen-bond donors (Lipinski definition) is 0. The summed E-state index contributed by atoms with van der Waals surface area (Å²) >= 11 is 0. The van der Waals surface area contributed by atoms with Crippen LogP contribution in [0.4, 0.5) is 0 Å². The Labute approximate surface area is 88.7 Å². The first kappa shape index (κ1) is 9.90. The first-order valence-corrected chi connectivity index (χ1v) is 5.02. The molecule has 2 fully saturated rings. The van der Waals surface area contributed by atoms with Crippen molar-refractivity contribution < 1.29 is 9.53 Å². The van der Waals surface area contributed by atoms with Gasteiger partial charge in [0.2, 0.25) is 0 Å². The van der Waals surface area contributed by atoms with Gasteiger partial charge >= 0.3 is 6.40 Å². The van der Waals surface area contributed by atoms with Crippen molar-refractivity contribution in [2.75, 3.05) is 13.1 Å². The van der Waals surface area contributed by atoms with E-state index in [-0.39, 0.29) is 0 Å². The van der Waals surface area contributed by atoms with Gasteiger partial charge in [0.15, 0.2) is 0 Å². The summed E-state index contributed by atoms with van der Waals surface area (Å²) in [6.45, 7) is 2.81. The van der Waals surface area contributed by atoms with E-state index in [1.807, 2.05) is 18.2 Å². The fourth-order valence-electron chi connectivity index (χ4n) is 1.48. The van der Waals surface area contributed by atoms with E-state index in [9.17, 15) is 0 Å². The van der Waals surface area contributed by atoms with Crippen molar-refractivity contribution >= 4 is 6.40 Å². The number of fused-ring (bicyclic) bond motifs is 1. The highest BCUT2D eigenvalue weighted by atomic mass is 16.5. The molecule has 0 radical (unpaired) electrons. The Balaban J connectivity index is 0.000000139. The van der Waals surface area contributed by atoms with Crippen molar-refractivity contribution in [2.45, 2.75) is 12.5 Å². The van der Waals surface area contributed by atoms with Crippen LogP contribution in [0.1, 0.15) is 6.42 Å². The van der Waals surface area contributed by atoms with Gasteiger partial charge in [0.05, 0.1) is 0 Å². The average Bonchev–Trinajstić information content (AvgIpc) is 2.85. The molecule has 0 saturated carbocycles. The second-order valence-corrected chi connectivity index (χ2v) is 3.59. The Morgan fingerprint density at radius 1 is 1.40 bits per heavy atom. The Morgan fingerprint density at radius 2 is 2.13 bits per heavy atom. The molecule has 0 amide bonds. The van der Waals surface area contributed by atoms with Crippen molar-refractivity contribution in [3.8, 4) is 5.75 Å². The maximum Gasteiger partial charge on any atom is 0.443 e. The predicted molar refractivity (Wildman–Crippen MR) is 56.7 cm³/mol. The number of para-hydroxylation sites is 1. The molecule has 0 aromatic heterocycles. The van der Waals surface area contributed by atoms with Crippen LogP contribution in [0.2, 0.25) is 0 Å². The van der Waals surface area contributed by atoms with Gasteiger partial charge in [-0.3, -0.25) is 4.90 Å². The first-order chi connectivity index (χ1) is 7.40. The zero-order valence-electron chi connectivity index (χ0n) is 8.41. The van der Waals surface area contributed by atoms with Gasteiger partial charge in [-0.2, -0.15) is 0 Å². The standard InChI is InChI=1S/C7H6N2O.C4H7N/c8-9-6-10-7-4-2-1-3-5-7;1-2-5-3-4(1)5/h1-6H;4H,1-3H2. The van der Waals surface area contributed by atoms with Gasteiger partial charge in [0, 0.05) is 19.1 Å². The van der Waals surface area contributed by atoms with Crippen molar-refractivity contribution in [1.82, 2.24) is 4.90 Å². The van der Waals surface area contributed by atoms with Crippen LogP contribution >= 0.6 is 0 Å². The van der Waals surface area contributed by atoms with Crippen molar-refractivity contribution in [2.24, 2.45) is 0 Å². The molecule has 2 aliphatic heterocycles. The molecule has 15 heavy (non-hydrogen) atoms. The lowest BCUT2D eigenvalue weighted by Crippen LogP contribution is -2.16. The lowest BCUT2D eigenvalue weighted by molar-refractivity contribution is -0.0150. The molecular formula is C11H13N3O. The molecule has 1 aromatic rings. The molecule has 0 bridgehead atoms. The second-order valence-electron chi connectivity index (χ2n) is 3.59. The summed E-state index contributed by atoms with van der Waals surface area (Å²) in [5.74, 6) is 0.653. The minimum atomic E-state index is 0.653. The summed E-state index contributed by atoms with van der Waals surface area (Å²) in [5.41, 5.74) is 7.97. The van der Waals surface area contributed by atoms with Crippen molar-refractivity contribution in [3.63, 3.8) is 0 Å². The predicted octanol–water partition coefficient (Wildman–Crippen LogP) is 1.40. The molecule has 2 saturated heterocycles. The smallest absolute Gasteiger partial charge is 0.399 e. The summed E-state index contributed by atoms with van der Waals surface area (Å²) in [5, 5.41) is 0. The molecule has 3 rings (SSSR count). The Bertz CT molecular complexity index is 347. The quantitative estimate of drug-likeness (QED) is 0.240. The average molecular weight is 203 g/mol. The van der Waals surface area contributed by atoms with E-state index in [0.29, 0.717) is 5.75 Å². The van der Waals surface area contributed by atoms with Gasteiger partial charge in [-0.25, -0.2) is 0 Å². The largest absolute Gasteiger partial charge is 0.443 e. The minimum absolute atomic E-state index is 0.653. The van der Waals surface area contributed by atoms with Gasteiger partial charge in [-0.05, 0) is 18.6 Å². The molecular weight excluding hydrogens is 190 g/mol. The first-order valence-electron chi connectivity index (χ1n) is 5.02. The summed E-state index contributed by atoms with van der Waals surface area (Å²) in [6.07, 6.45) is 2.45. The van der Waals surface area contributed by atoms with Gasteiger partial charge in [0.25, 0.3) is 0 Å². The van der Waals surface area contributed by atoms with Crippen LogP contribution in [0.5, 0.6) is 5.75 Å². The molecule has 4 nitrogen and oxygen atoms in total. The summed E-state index contributed by atoms with van der Waals surface area (Å²) in [4.78, 5) is 5.16. The van der Waals surface area contributed by atoms with E-state index in [1.165, 1.54) is 19.5 Å². The zero-order chi connectivity index (χ0) is 10.5. The van der Waals surface area contributed by atoms with E-state index >= 15 is 0 Å². The summed E-state index contributed by atoms with van der Waals surface area (Å²) in [6, 6.07) is 10.1. The van der Waals surface area contributed by atoms with Crippen LogP contribution in [0, 0.1) is 0 Å². The number of hydrogen-bond acceptors (Lipinski definition) is 2. The van der Waals surface area contributed by atoms with Gasteiger partial charge in [-0.15, -0.1) is 4.79 Å². The molecule has 0 aliphatic carbocycles. The van der Waals surface area contributed by atoms with Crippen LogP contribution in [-0.4, -0.2) is 35.2 Å². The van der Waals surface area contributed by atoms with E-state index < -0.39 is 0 Å². The van der Waals surface area contributed by atoms with Crippen molar-refractivity contribution in [3.05, 3.63) is 35.9 Å². The van der Waals surface area contributed by atoms with Gasteiger partial charge in [-0.1, -0.05) is 18.2 Å². The van der Waals surface area contributed by atoms with Gasteiger partial charge < -0.3 is 10.3 Å². The lowest BCUT2D eigenvalue weighted by Gasteiger charge is -2.08. The lowest BCUT2D eigenvalue weighted by atomic mass is 10.3. The molecule has 78 valence electrons. The molecule has 2 unspecified atom stereocenters. The van der Waals surface area contributed by atoms with E-state index in [0.717, 1.165) is 12.4 Å². The molecule has 2 aliphatic rings. The van der Waals surface area contributed by atoms with E-state index in [2.05, 4.69) is 9.69 Å². The highest BCUT2D eigenvalue weighted by Gasteiger charge is 2.41. The maximum atomic E-state index is 7.97. The SMILES string of the molecule is C1CN2CC12.[N-]=[N+]=COc1ccccc1. The maximum absolute atomic E-state index is 7.97. The highest BCUT2D eigenvalue weighted by molar-refractivity contribution is 5.45. The Kier molecular flexibility index (Phi) is 3.12. The molecule has 1 aromatic carbocycles. The van der Waals surface area contributed by atoms with Crippen LogP contribution in [0.15, 0.2) is 30.3 Å². The fourth-order valence-corrected chi connectivity index (χ4v) is 1.48. The van der Waals surface area contributed by atoms with Crippen LogP contribution in [0.25, 0.3) is 5.53 Å². The number of benzene rings is 1. The highest BCUT2D eigenvalue weighted by Crippen LogP contribution is 2.30. The number of ether oxygens (including phenoxy) is 1. The van der Waals surface area contributed by atoms with Crippen LogP contribution in [0.3, 0.4) is 0 Å². The van der Waals surface area contributed by atoms with Gasteiger partial charge in [0.1, 0.15) is 5.75 Å². The molecule has 2 atom stereocenters.